The molecule has 76 valence electrons. The lowest BCUT2D eigenvalue weighted by molar-refractivity contribution is 0.255. The van der Waals surface area contributed by atoms with Crippen LogP contribution in [-0.4, -0.2) is 54.6 Å². The molecular weight excluding hydrogens is 162 g/mol. The molecule has 3 nitrogen and oxygen atoms in total. The molecule has 0 radical (unpaired) electrons. The zero-order valence-corrected chi connectivity index (χ0v) is 8.58. The summed E-state index contributed by atoms with van der Waals surface area (Å²) in [7, 11) is 0. The quantitative estimate of drug-likeness (QED) is 0.660. The fourth-order valence-electron chi connectivity index (χ4n) is 2.20. The van der Waals surface area contributed by atoms with Crippen molar-refractivity contribution in [3.8, 4) is 0 Å². The van der Waals surface area contributed by atoms with E-state index in [1.54, 1.807) is 0 Å². The van der Waals surface area contributed by atoms with Crippen LogP contribution in [-0.2, 0) is 0 Å². The Labute approximate surface area is 80.9 Å². The van der Waals surface area contributed by atoms with Gasteiger partial charge in [-0.25, -0.2) is 0 Å². The Kier molecular flexibility index (Phi) is 2.86. The van der Waals surface area contributed by atoms with Crippen molar-refractivity contribution in [3.63, 3.8) is 0 Å². The van der Waals surface area contributed by atoms with Crippen molar-refractivity contribution in [1.82, 2.24) is 9.80 Å². The molecule has 0 bridgehead atoms. The smallest absolute Gasteiger partial charge is 0.0297 e. The SMILES string of the molecule is CCN1CCN(C2CC2)CC(N)C1. The van der Waals surface area contributed by atoms with Gasteiger partial charge in [-0.2, -0.15) is 0 Å². The van der Waals surface area contributed by atoms with Crippen LogP contribution in [0, 0.1) is 0 Å². The lowest BCUT2D eigenvalue weighted by atomic mass is 10.3. The summed E-state index contributed by atoms with van der Waals surface area (Å²) in [5.41, 5.74) is 6.07. The molecule has 3 heteroatoms. The Morgan fingerprint density at radius 1 is 1.23 bits per heavy atom. The van der Waals surface area contributed by atoms with Crippen LogP contribution in [0.4, 0.5) is 0 Å². The van der Waals surface area contributed by atoms with E-state index in [-0.39, 0.29) is 0 Å². The second-order valence-corrected chi connectivity index (χ2v) is 4.38. The zero-order chi connectivity index (χ0) is 9.26. The highest BCUT2D eigenvalue weighted by molar-refractivity contribution is 4.89. The molecule has 1 aliphatic carbocycles. The Morgan fingerprint density at radius 3 is 2.62 bits per heavy atom. The van der Waals surface area contributed by atoms with Crippen LogP contribution < -0.4 is 5.73 Å². The fourth-order valence-corrected chi connectivity index (χ4v) is 2.20. The average molecular weight is 183 g/mol. The summed E-state index contributed by atoms with van der Waals surface area (Å²) >= 11 is 0. The van der Waals surface area contributed by atoms with Gasteiger partial charge in [-0.1, -0.05) is 6.92 Å². The summed E-state index contributed by atoms with van der Waals surface area (Å²) in [5, 5.41) is 0. The molecule has 2 N–H and O–H groups in total. The van der Waals surface area contributed by atoms with Gasteiger partial charge >= 0.3 is 0 Å². The highest BCUT2D eigenvalue weighted by atomic mass is 15.3. The van der Waals surface area contributed by atoms with Gasteiger partial charge in [0.1, 0.15) is 0 Å². The Bertz CT molecular complexity index is 168. The molecule has 2 rings (SSSR count). The molecule has 0 spiro atoms. The minimum absolute atomic E-state index is 0.364. The molecule has 0 aromatic carbocycles. The molecule has 2 aliphatic rings. The van der Waals surface area contributed by atoms with Gasteiger partial charge in [-0.3, -0.25) is 4.90 Å². The fraction of sp³-hybridized carbons (Fsp3) is 1.00. The van der Waals surface area contributed by atoms with E-state index in [1.807, 2.05) is 0 Å². The van der Waals surface area contributed by atoms with Crippen molar-refractivity contribution in [2.75, 3.05) is 32.7 Å². The van der Waals surface area contributed by atoms with E-state index in [0.29, 0.717) is 6.04 Å². The number of hydrogen-bond acceptors (Lipinski definition) is 3. The van der Waals surface area contributed by atoms with Crippen LogP contribution in [0.5, 0.6) is 0 Å². The predicted octanol–water partition coefficient (Wildman–Crippen LogP) is 0.114. The van der Waals surface area contributed by atoms with E-state index < -0.39 is 0 Å². The van der Waals surface area contributed by atoms with Crippen molar-refractivity contribution in [2.24, 2.45) is 5.73 Å². The van der Waals surface area contributed by atoms with Gasteiger partial charge in [0.15, 0.2) is 0 Å². The van der Waals surface area contributed by atoms with Crippen molar-refractivity contribution in [1.29, 1.82) is 0 Å². The molecule has 1 atom stereocenters. The van der Waals surface area contributed by atoms with Crippen LogP contribution in [0.25, 0.3) is 0 Å². The highest BCUT2D eigenvalue weighted by Gasteiger charge is 2.31. The van der Waals surface area contributed by atoms with Crippen LogP contribution in [0.15, 0.2) is 0 Å². The summed E-state index contributed by atoms with van der Waals surface area (Å²) in [6.45, 7) is 8.00. The summed E-state index contributed by atoms with van der Waals surface area (Å²) in [4.78, 5) is 5.05. The number of hydrogen-bond donors (Lipinski definition) is 1. The summed E-state index contributed by atoms with van der Waals surface area (Å²) in [5.74, 6) is 0. The Morgan fingerprint density at radius 2 is 2.00 bits per heavy atom. The number of likely N-dealkylation sites (N-methyl/N-ethyl adjacent to an activating group) is 1. The normalized spacial score (nSPS) is 33.2. The van der Waals surface area contributed by atoms with Gasteiger partial charge in [0.25, 0.3) is 0 Å². The maximum atomic E-state index is 6.07. The zero-order valence-electron chi connectivity index (χ0n) is 8.58. The van der Waals surface area contributed by atoms with Crippen LogP contribution in [0.3, 0.4) is 0 Å². The third-order valence-corrected chi connectivity index (χ3v) is 3.18. The first kappa shape index (κ1) is 9.44. The topological polar surface area (TPSA) is 32.5 Å². The molecule has 2 fully saturated rings. The van der Waals surface area contributed by atoms with E-state index in [9.17, 15) is 0 Å². The van der Waals surface area contributed by atoms with Crippen LogP contribution in [0.1, 0.15) is 19.8 Å². The monoisotopic (exact) mass is 183 g/mol. The summed E-state index contributed by atoms with van der Waals surface area (Å²) in [6, 6.07) is 1.24. The van der Waals surface area contributed by atoms with Gasteiger partial charge in [0.2, 0.25) is 0 Å². The molecule has 1 heterocycles. The van der Waals surface area contributed by atoms with E-state index in [2.05, 4.69) is 16.7 Å². The minimum Gasteiger partial charge on any atom is -0.325 e. The number of nitrogens with two attached hydrogens (primary N) is 1. The first-order valence-electron chi connectivity index (χ1n) is 5.51. The van der Waals surface area contributed by atoms with Gasteiger partial charge in [-0.15, -0.1) is 0 Å². The Hall–Kier alpha value is -0.120. The molecular formula is C10H21N3. The molecule has 0 aromatic heterocycles. The van der Waals surface area contributed by atoms with Crippen LogP contribution in [0.2, 0.25) is 0 Å². The first-order valence-corrected chi connectivity index (χ1v) is 5.51. The molecule has 1 saturated heterocycles. The van der Waals surface area contributed by atoms with Crippen molar-refractivity contribution in [3.05, 3.63) is 0 Å². The maximum absolute atomic E-state index is 6.07. The summed E-state index contributed by atoms with van der Waals surface area (Å²) in [6.07, 6.45) is 2.80. The van der Waals surface area contributed by atoms with E-state index in [1.165, 1.54) is 25.9 Å². The molecule has 1 aliphatic heterocycles. The molecule has 1 saturated carbocycles. The van der Waals surface area contributed by atoms with Gasteiger partial charge in [0, 0.05) is 38.3 Å². The van der Waals surface area contributed by atoms with Crippen molar-refractivity contribution in [2.45, 2.75) is 31.8 Å². The standard InChI is InChI=1S/C10H21N3/c1-2-12-5-6-13(10-3-4-10)8-9(11)7-12/h9-10H,2-8,11H2,1H3. The number of rotatable bonds is 2. The van der Waals surface area contributed by atoms with Gasteiger partial charge < -0.3 is 10.6 Å². The van der Waals surface area contributed by atoms with E-state index >= 15 is 0 Å². The second-order valence-electron chi connectivity index (χ2n) is 4.38. The Balaban J connectivity index is 1.88. The first-order chi connectivity index (χ1) is 6.29. The van der Waals surface area contributed by atoms with Gasteiger partial charge in [0.05, 0.1) is 0 Å². The van der Waals surface area contributed by atoms with Crippen LogP contribution >= 0.6 is 0 Å². The molecule has 1 unspecified atom stereocenters. The predicted molar refractivity (Wildman–Crippen MR) is 54.7 cm³/mol. The summed E-state index contributed by atoms with van der Waals surface area (Å²) < 4.78 is 0. The molecule has 13 heavy (non-hydrogen) atoms. The van der Waals surface area contributed by atoms with Crippen molar-refractivity contribution < 1.29 is 0 Å². The lowest BCUT2D eigenvalue weighted by Crippen LogP contribution is -2.40. The second kappa shape index (κ2) is 3.95. The van der Waals surface area contributed by atoms with E-state index in [4.69, 9.17) is 5.73 Å². The van der Waals surface area contributed by atoms with Gasteiger partial charge in [-0.05, 0) is 19.4 Å². The third kappa shape index (κ3) is 2.42. The molecule has 0 amide bonds. The average Bonchev–Trinajstić information content (AvgIpc) is 2.89. The third-order valence-electron chi connectivity index (χ3n) is 3.18. The molecule has 0 aromatic rings. The van der Waals surface area contributed by atoms with E-state index in [0.717, 1.165) is 25.7 Å². The minimum atomic E-state index is 0.364. The largest absolute Gasteiger partial charge is 0.325 e. The maximum Gasteiger partial charge on any atom is 0.0297 e. The highest BCUT2D eigenvalue weighted by Crippen LogP contribution is 2.27. The lowest BCUT2D eigenvalue weighted by Gasteiger charge is -2.20. The number of nitrogens with zero attached hydrogens (tertiary/aromatic N) is 2. The van der Waals surface area contributed by atoms with Crippen molar-refractivity contribution >= 4 is 0 Å².